The topological polar surface area (TPSA) is 90.9 Å². The molecule has 0 aliphatic rings. The van der Waals surface area contributed by atoms with E-state index >= 15 is 0 Å². The predicted molar refractivity (Wildman–Crippen MR) is 123 cm³/mol. The predicted octanol–water partition coefficient (Wildman–Crippen LogP) is 4.07. The summed E-state index contributed by atoms with van der Waals surface area (Å²) in [5.41, 5.74) is 1.45. The normalized spacial score (nSPS) is 11.9. The number of carbonyl (C=O) groups is 2. The molecule has 7 nitrogen and oxygen atoms in total. The van der Waals surface area contributed by atoms with Crippen LogP contribution in [0.3, 0.4) is 0 Å². The first-order valence-electron chi connectivity index (χ1n) is 10.3. The van der Waals surface area contributed by atoms with E-state index in [0.717, 1.165) is 29.5 Å². The third-order valence-corrected chi connectivity index (χ3v) is 6.19. The van der Waals surface area contributed by atoms with Crippen LogP contribution in [0, 0.1) is 0 Å². The van der Waals surface area contributed by atoms with E-state index in [1.54, 1.807) is 28.8 Å². The number of fused-ring (bicyclic) bond motifs is 2. The molecule has 32 heavy (non-hydrogen) atoms. The lowest BCUT2D eigenvalue weighted by Gasteiger charge is -2.05. The summed E-state index contributed by atoms with van der Waals surface area (Å²) < 4.78 is 12.6. The fourth-order valence-corrected chi connectivity index (χ4v) is 4.54. The molecule has 0 saturated heterocycles. The molecule has 164 valence electrons. The van der Waals surface area contributed by atoms with Gasteiger partial charge in [-0.3, -0.25) is 9.59 Å². The van der Waals surface area contributed by atoms with E-state index in [0.29, 0.717) is 15.8 Å². The molecular formula is C24H22N2O5S. The van der Waals surface area contributed by atoms with Crippen molar-refractivity contribution in [2.24, 2.45) is 4.99 Å². The number of amides is 1. The quantitative estimate of drug-likeness (QED) is 0.326. The standard InChI is InChI=1S/C24H22N2O5S/c1-3-4-7-15-10-11-18-20(12-15)32-24(26(18)14-21(27)30-2)25-22(28)17-13-16-8-5-6-9-19(16)31-23(17)29/h5-6,8-13H,3-4,7,14H2,1-2H3. The van der Waals surface area contributed by atoms with E-state index in [1.165, 1.54) is 30.1 Å². The third kappa shape index (κ3) is 4.40. The molecule has 4 aromatic rings. The van der Waals surface area contributed by atoms with Crippen LogP contribution in [0.15, 0.2) is 62.7 Å². The van der Waals surface area contributed by atoms with Crippen LogP contribution >= 0.6 is 11.3 Å². The van der Waals surface area contributed by atoms with Crippen molar-refractivity contribution in [2.75, 3.05) is 7.11 Å². The van der Waals surface area contributed by atoms with Gasteiger partial charge in [-0.15, -0.1) is 0 Å². The van der Waals surface area contributed by atoms with Crippen LogP contribution in [0.5, 0.6) is 0 Å². The molecule has 8 heteroatoms. The highest BCUT2D eigenvalue weighted by Gasteiger charge is 2.16. The van der Waals surface area contributed by atoms with Gasteiger partial charge in [-0.05, 0) is 42.7 Å². The summed E-state index contributed by atoms with van der Waals surface area (Å²) in [7, 11) is 1.31. The lowest BCUT2D eigenvalue weighted by Crippen LogP contribution is -2.23. The molecule has 1 amide bonds. The second kappa shape index (κ2) is 9.32. The van der Waals surface area contributed by atoms with Gasteiger partial charge in [-0.2, -0.15) is 4.99 Å². The van der Waals surface area contributed by atoms with Gasteiger partial charge in [0.2, 0.25) is 0 Å². The van der Waals surface area contributed by atoms with Gasteiger partial charge >= 0.3 is 11.6 Å². The molecule has 0 unspecified atom stereocenters. The number of thiazole rings is 1. The van der Waals surface area contributed by atoms with Crippen molar-refractivity contribution >= 4 is 44.4 Å². The van der Waals surface area contributed by atoms with Gasteiger partial charge in [-0.1, -0.05) is 48.9 Å². The number of hydrogen-bond acceptors (Lipinski definition) is 6. The Balaban J connectivity index is 1.83. The number of aryl methyl sites for hydroxylation is 1. The molecule has 0 saturated carbocycles. The van der Waals surface area contributed by atoms with Crippen LogP contribution in [0.25, 0.3) is 21.2 Å². The van der Waals surface area contributed by atoms with Gasteiger partial charge in [0, 0.05) is 5.39 Å². The summed E-state index contributed by atoms with van der Waals surface area (Å²) in [6, 6.07) is 14.4. The van der Waals surface area contributed by atoms with Crippen LogP contribution < -0.4 is 10.4 Å². The Morgan fingerprint density at radius 2 is 1.97 bits per heavy atom. The minimum Gasteiger partial charge on any atom is -0.468 e. The Morgan fingerprint density at radius 3 is 2.75 bits per heavy atom. The summed E-state index contributed by atoms with van der Waals surface area (Å²) >= 11 is 1.29. The number of aromatic nitrogens is 1. The molecule has 0 N–H and O–H groups in total. The molecule has 2 heterocycles. The maximum absolute atomic E-state index is 12.9. The first kappa shape index (κ1) is 21.7. The number of benzene rings is 2. The largest absolute Gasteiger partial charge is 0.468 e. The molecule has 0 bridgehead atoms. The summed E-state index contributed by atoms with van der Waals surface area (Å²) in [6.45, 7) is 2.04. The van der Waals surface area contributed by atoms with Gasteiger partial charge in [0.05, 0.1) is 17.3 Å². The molecule has 0 aliphatic carbocycles. The van der Waals surface area contributed by atoms with Crippen molar-refractivity contribution in [1.29, 1.82) is 0 Å². The number of hydrogen-bond donors (Lipinski definition) is 0. The SMILES string of the molecule is CCCCc1ccc2c(c1)sc(=NC(=O)c1cc3ccccc3oc1=O)n2CC(=O)OC. The minimum atomic E-state index is -0.750. The molecule has 4 rings (SSSR count). The van der Waals surface area contributed by atoms with E-state index in [1.807, 2.05) is 12.1 Å². The van der Waals surface area contributed by atoms with Gasteiger partial charge in [-0.25, -0.2) is 4.79 Å². The Bertz CT molecular complexity index is 1440. The summed E-state index contributed by atoms with van der Waals surface area (Å²) in [4.78, 5) is 41.8. The average Bonchev–Trinajstić information content (AvgIpc) is 3.12. The van der Waals surface area contributed by atoms with E-state index in [-0.39, 0.29) is 12.1 Å². The van der Waals surface area contributed by atoms with Gasteiger partial charge in [0.15, 0.2) is 4.80 Å². The van der Waals surface area contributed by atoms with Crippen molar-refractivity contribution in [3.8, 4) is 0 Å². The molecule has 0 atom stereocenters. The first-order valence-corrected chi connectivity index (χ1v) is 11.1. The summed E-state index contributed by atoms with van der Waals surface area (Å²) in [5.74, 6) is -1.18. The molecule has 0 radical (unpaired) electrons. The molecular weight excluding hydrogens is 428 g/mol. The smallest absolute Gasteiger partial charge is 0.349 e. The monoisotopic (exact) mass is 450 g/mol. The van der Waals surface area contributed by atoms with Crippen LogP contribution in [-0.2, 0) is 22.5 Å². The fraction of sp³-hybridized carbons (Fsp3) is 0.250. The van der Waals surface area contributed by atoms with E-state index in [9.17, 15) is 14.4 Å². The Labute approximate surface area is 187 Å². The van der Waals surface area contributed by atoms with Crippen LogP contribution in [-0.4, -0.2) is 23.6 Å². The zero-order chi connectivity index (χ0) is 22.7. The third-order valence-electron chi connectivity index (χ3n) is 5.15. The van der Waals surface area contributed by atoms with Crippen molar-refractivity contribution in [1.82, 2.24) is 4.57 Å². The van der Waals surface area contributed by atoms with Crippen molar-refractivity contribution in [2.45, 2.75) is 32.7 Å². The number of esters is 1. The number of para-hydroxylation sites is 1. The fourth-order valence-electron chi connectivity index (χ4n) is 3.44. The maximum Gasteiger partial charge on any atom is 0.349 e. The van der Waals surface area contributed by atoms with Gasteiger partial charge in [0.25, 0.3) is 5.91 Å². The van der Waals surface area contributed by atoms with Crippen LogP contribution in [0.4, 0.5) is 0 Å². The average molecular weight is 451 g/mol. The van der Waals surface area contributed by atoms with Gasteiger partial charge < -0.3 is 13.7 Å². The van der Waals surface area contributed by atoms with Gasteiger partial charge in [0.1, 0.15) is 17.7 Å². The van der Waals surface area contributed by atoms with Crippen molar-refractivity contribution < 1.29 is 18.7 Å². The lowest BCUT2D eigenvalue weighted by atomic mass is 10.1. The highest BCUT2D eigenvalue weighted by Crippen LogP contribution is 2.21. The molecule has 0 aliphatic heterocycles. The van der Waals surface area contributed by atoms with Crippen LogP contribution in [0.2, 0.25) is 0 Å². The van der Waals surface area contributed by atoms with E-state index in [2.05, 4.69) is 18.0 Å². The van der Waals surface area contributed by atoms with Crippen molar-refractivity contribution in [3.05, 3.63) is 74.9 Å². The number of ether oxygens (including phenoxy) is 1. The molecule has 2 aromatic heterocycles. The molecule has 0 fully saturated rings. The van der Waals surface area contributed by atoms with Crippen molar-refractivity contribution in [3.63, 3.8) is 0 Å². The molecule has 2 aromatic carbocycles. The Hall–Kier alpha value is -3.52. The number of carbonyl (C=O) groups excluding carboxylic acids is 2. The summed E-state index contributed by atoms with van der Waals surface area (Å²) in [6.07, 6.45) is 3.12. The lowest BCUT2D eigenvalue weighted by molar-refractivity contribution is -0.141. The second-order valence-electron chi connectivity index (χ2n) is 7.35. The number of unbranched alkanes of at least 4 members (excludes halogenated alkanes) is 1. The Morgan fingerprint density at radius 1 is 1.16 bits per heavy atom. The summed E-state index contributed by atoms with van der Waals surface area (Å²) in [5, 5.41) is 0.630. The maximum atomic E-state index is 12.9. The molecule has 0 spiro atoms. The first-order chi connectivity index (χ1) is 15.5. The van der Waals surface area contributed by atoms with E-state index < -0.39 is 17.5 Å². The number of nitrogens with zero attached hydrogens (tertiary/aromatic N) is 2. The van der Waals surface area contributed by atoms with Crippen LogP contribution in [0.1, 0.15) is 35.7 Å². The zero-order valence-corrected chi connectivity index (χ0v) is 18.6. The Kier molecular flexibility index (Phi) is 6.32. The minimum absolute atomic E-state index is 0.0940. The second-order valence-corrected chi connectivity index (χ2v) is 8.36. The zero-order valence-electron chi connectivity index (χ0n) is 17.8. The van der Waals surface area contributed by atoms with E-state index in [4.69, 9.17) is 9.15 Å². The number of rotatable bonds is 6. The number of methoxy groups -OCH3 is 1. The highest BCUT2D eigenvalue weighted by atomic mass is 32.1. The highest BCUT2D eigenvalue weighted by molar-refractivity contribution is 7.16.